The van der Waals surface area contributed by atoms with E-state index in [2.05, 4.69) is 38.3 Å². The summed E-state index contributed by atoms with van der Waals surface area (Å²) in [5.74, 6) is 0. The lowest BCUT2D eigenvalue weighted by Gasteiger charge is -2.19. The monoisotopic (exact) mass is 279 g/mol. The third-order valence-corrected chi connectivity index (χ3v) is 3.43. The van der Waals surface area contributed by atoms with Crippen LogP contribution in [0, 0.1) is 11.3 Å². The van der Waals surface area contributed by atoms with Crippen LogP contribution in [0.15, 0.2) is 22.7 Å². The van der Waals surface area contributed by atoms with Crippen LogP contribution in [0.5, 0.6) is 0 Å². The molecule has 0 aliphatic carbocycles. The molecule has 4 heteroatoms. The van der Waals surface area contributed by atoms with Gasteiger partial charge in [-0.3, -0.25) is 0 Å². The van der Waals surface area contributed by atoms with E-state index in [-0.39, 0.29) is 0 Å². The molecule has 1 fully saturated rings. The molecule has 1 aromatic carbocycles. The van der Waals surface area contributed by atoms with E-state index in [4.69, 9.17) is 5.26 Å². The zero-order chi connectivity index (χ0) is 11.5. The van der Waals surface area contributed by atoms with Crippen LogP contribution in [0.2, 0.25) is 0 Å². The largest absolute Gasteiger partial charge is 0.370 e. The van der Waals surface area contributed by atoms with Crippen molar-refractivity contribution in [1.82, 2.24) is 5.32 Å². The summed E-state index contributed by atoms with van der Waals surface area (Å²) in [4.78, 5) is 2.31. The average Bonchev–Trinajstić information content (AvgIpc) is 2.76. The lowest BCUT2D eigenvalue weighted by Crippen LogP contribution is -2.29. The molecule has 3 nitrogen and oxygen atoms in total. The predicted molar refractivity (Wildman–Crippen MR) is 68.5 cm³/mol. The maximum atomic E-state index is 8.93. The molecule has 0 bridgehead atoms. The molecule has 0 saturated carbocycles. The third-order valence-electron chi connectivity index (χ3n) is 2.97. The van der Waals surface area contributed by atoms with Crippen molar-refractivity contribution in [3.05, 3.63) is 28.2 Å². The van der Waals surface area contributed by atoms with Crippen molar-refractivity contribution >= 4 is 21.6 Å². The van der Waals surface area contributed by atoms with Gasteiger partial charge < -0.3 is 10.2 Å². The van der Waals surface area contributed by atoms with E-state index in [1.165, 1.54) is 0 Å². The molecule has 0 radical (unpaired) electrons. The fourth-order valence-corrected chi connectivity index (χ4v) is 2.53. The van der Waals surface area contributed by atoms with E-state index < -0.39 is 0 Å². The number of halogens is 1. The molecule has 0 aromatic heterocycles. The first kappa shape index (κ1) is 11.4. The zero-order valence-electron chi connectivity index (χ0n) is 9.20. The number of nitrogens with zero attached hydrogens (tertiary/aromatic N) is 2. The quantitative estimate of drug-likeness (QED) is 0.902. The number of benzene rings is 1. The number of likely N-dealkylation sites (N-methyl/N-ethyl adjacent to an activating group) is 1. The average molecular weight is 280 g/mol. The second-order valence-electron chi connectivity index (χ2n) is 4.03. The smallest absolute Gasteiger partial charge is 0.0992 e. The highest BCUT2D eigenvalue weighted by Gasteiger charge is 2.21. The summed E-state index contributed by atoms with van der Waals surface area (Å²) in [6, 6.07) is 8.60. The van der Waals surface area contributed by atoms with Crippen molar-refractivity contribution in [3.8, 4) is 6.07 Å². The Hall–Kier alpha value is -1.05. The summed E-state index contributed by atoms with van der Waals surface area (Å²) in [5.41, 5.74) is 1.83. The van der Waals surface area contributed by atoms with Crippen LogP contribution < -0.4 is 10.2 Å². The minimum atomic E-state index is 0.560. The minimum Gasteiger partial charge on any atom is -0.370 e. The van der Waals surface area contributed by atoms with Gasteiger partial charge in [0.05, 0.1) is 11.6 Å². The molecule has 84 valence electrons. The van der Waals surface area contributed by atoms with Crippen molar-refractivity contribution in [2.24, 2.45) is 0 Å². The standard InChI is InChI=1S/C12H14BrN3/c1-15-11-2-3-16(8-11)12-5-9(7-14)4-10(13)6-12/h4-6,11,15H,2-3,8H2,1H3. The summed E-state index contributed by atoms with van der Waals surface area (Å²) in [6.45, 7) is 2.06. The molecule has 1 aliphatic rings. The predicted octanol–water partition coefficient (Wildman–Crippen LogP) is 2.12. The summed E-state index contributed by atoms with van der Waals surface area (Å²) >= 11 is 3.44. The summed E-state index contributed by atoms with van der Waals surface area (Å²) in [5, 5.41) is 12.2. The highest BCUT2D eigenvalue weighted by Crippen LogP contribution is 2.25. The Kier molecular flexibility index (Phi) is 3.47. The van der Waals surface area contributed by atoms with Crippen LogP contribution in [0.1, 0.15) is 12.0 Å². The van der Waals surface area contributed by atoms with E-state index in [9.17, 15) is 0 Å². The van der Waals surface area contributed by atoms with Gasteiger partial charge in [0.1, 0.15) is 0 Å². The van der Waals surface area contributed by atoms with E-state index in [0.717, 1.165) is 29.7 Å². The first-order valence-electron chi connectivity index (χ1n) is 5.36. The van der Waals surface area contributed by atoms with Gasteiger partial charge in [0, 0.05) is 29.3 Å². The lowest BCUT2D eigenvalue weighted by atomic mass is 10.2. The second kappa shape index (κ2) is 4.86. The molecule has 1 atom stereocenters. The highest BCUT2D eigenvalue weighted by molar-refractivity contribution is 9.10. The van der Waals surface area contributed by atoms with Crippen LogP contribution >= 0.6 is 15.9 Å². The summed E-state index contributed by atoms with van der Waals surface area (Å²) < 4.78 is 0.967. The van der Waals surface area contributed by atoms with E-state index in [1.807, 2.05) is 19.2 Å². The molecule has 1 saturated heterocycles. The van der Waals surface area contributed by atoms with Crippen LogP contribution in [0.25, 0.3) is 0 Å². The fourth-order valence-electron chi connectivity index (χ4n) is 2.05. The van der Waals surface area contributed by atoms with Gasteiger partial charge in [-0.25, -0.2) is 0 Å². The molecular formula is C12H14BrN3. The van der Waals surface area contributed by atoms with Gasteiger partial charge in [0.2, 0.25) is 0 Å². The van der Waals surface area contributed by atoms with E-state index in [1.54, 1.807) is 0 Å². The Morgan fingerprint density at radius 1 is 1.50 bits per heavy atom. The normalized spacial score (nSPS) is 19.8. The first-order chi connectivity index (χ1) is 7.72. The first-order valence-corrected chi connectivity index (χ1v) is 6.15. The SMILES string of the molecule is CNC1CCN(c2cc(Br)cc(C#N)c2)C1. The van der Waals surface area contributed by atoms with Crippen LogP contribution in [0.3, 0.4) is 0 Å². The Balaban J connectivity index is 2.21. The highest BCUT2D eigenvalue weighted by atomic mass is 79.9. The molecular weight excluding hydrogens is 266 g/mol. The van der Waals surface area contributed by atoms with Crippen molar-refractivity contribution in [2.75, 3.05) is 25.0 Å². The topological polar surface area (TPSA) is 39.1 Å². The molecule has 1 aromatic rings. The lowest BCUT2D eigenvalue weighted by molar-refractivity contribution is 0.617. The Bertz CT molecular complexity index is 425. The fraction of sp³-hybridized carbons (Fsp3) is 0.417. The Morgan fingerprint density at radius 2 is 2.31 bits per heavy atom. The number of anilines is 1. The molecule has 1 aliphatic heterocycles. The van der Waals surface area contributed by atoms with Gasteiger partial charge in [-0.15, -0.1) is 0 Å². The van der Waals surface area contributed by atoms with Crippen LogP contribution in [-0.2, 0) is 0 Å². The Labute approximate surface area is 104 Å². The van der Waals surface area contributed by atoms with Gasteiger partial charge in [0.25, 0.3) is 0 Å². The van der Waals surface area contributed by atoms with Crippen LogP contribution in [-0.4, -0.2) is 26.2 Å². The minimum absolute atomic E-state index is 0.560. The van der Waals surface area contributed by atoms with Crippen molar-refractivity contribution in [1.29, 1.82) is 5.26 Å². The molecule has 0 spiro atoms. The molecule has 1 unspecified atom stereocenters. The van der Waals surface area contributed by atoms with Gasteiger partial charge >= 0.3 is 0 Å². The van der Waals surface area contributed by atoms with Crippen molar-refractivity contribution in [3.63, 3.8) is 0 Å². The van der Waals surface area contributed by atoms with Gasteiger partial charge in [-0.05, 0) is 31.7 Å². The number of hydrogen-bond donors (Lipinski definition) is 1. The van der Waals surface area contributed by atoms with Gasteiger partial charge in [0.15, 0.2) is 0 Å². The maximum Gasteiger partial charge on any atom is 0.0992 e. The van der Waals surface area contributed by atoms with E-state index in [0.29, 0.717) is 11.6 Å². The van der Waals surface area contributed by atoms with Crippen LogP contribution in [0.4, 0.5) is 5.69 Å². The molecule has 1 heterocycles. The van der Waals surface area contributed by atoms with Crippen molar-refractivity contribution < 1.29 is 0 Å². The third kappa shape index (κ3) is 2.37. The van der Waals surface area contributed by atoms with Crippen molar-refractivity contribution in [2.45, 2.75) is 12.5 Å². The number of rotatable bonds is 2. The molecule has 0 amide bonds. The maximum absolute atomic E-state index is 8.93. The zero-order valence-corrected chi connectivity index (χ0v) is 10.8. The summed E-state index contributed by atoms with van der Waals surface area (Å²) in [7, 11) is 2.00. The number of nitrogens with one attached hydrogen (secondary N) is 1. The number of nitriles is 1. The van der Waals surface area contributed by atoms with E-state index >= 15 is 0 Å². The van der Waals surface area contributed by atoms with Gasteiger partial charge in [-0.2, -0.15) is 5.26 Å². The molecule has 1 N–H and O–H groups in total. The Morgan fingerprint density at radius 3 is 2.94 bits per heavy atom. The number of hydrogen-bond acceptors (Lipinski definition) is 3. The van der Waals surface area contributed by atoms with Gasteiger partial charge in [-0.1, -0.05) is 15.9 Å². The molecule has 2 rings (SSSR count). The molecule has 16 heavy (non-hydrogen) atoms. The second-order valence-corrected chi connectivity index (χ2v) is 4.95. The summed E-state index contributed by atoms with van der Waals surface area (Å²) in [6.07, 6.45) is 1.16.